The zero-order valence-corrected chi connectivity index (χ0v) is 14.5. The van der Waals surface area contributed by atoms with Gasteiger partial charge in [0.1, 0.15) is 5.52 Å². The topological polar surface area (TPSA) is 102 Å². The number of fused-ring (bicyclic) bond motifs is 1. The Morgan fingerprint density at radius 2 is 1.85 bits per heavy atom. The van der Waals surface area contributed by atoms with Crippen LogP contribution in [-0.2, 0) is 0 Å². The number of aryl methyl sites for hydroxylation is 2. The summed E-state index contributed by atoms with van der Waals surface area (Å²) < 4.78 is 11.0. The van der Waals surface area contributed by atoms with E-state index in [1.54, 1.807) is 0 Å². The van der Waals surface area contributed by atoms with Gasteiger partial charge in [0.15, 0.2) is 5.58 Å². The van der Waals surface area contributed by atoms with E-state index in [-0.39, 0.29) is 28.2 Å². The van der Waals surface area contributed by atoms with Gasteiger partial charge in [-0.3, -0.25) is 0 Å². The molecule has 2 aromatic heterocycles. The molecule has 0 aliphatic rings. The normalized spacial score (nSPS) is 11.2. The molecule has 0 bridgehead atoms. The van der Waals surface area contributed by atoms with Gasteiger partial charge in [-0.05, 0) is 43.2 Å². The highest BCUT2D eigenvalue weighted by Gasteiger charge is 2.20. The van der Waals surface area contributed by atoms with Crippen LogP contribution in [-0.4, -0.2) is 26.2 Å². The molecule has 0 saturated heterocycles. The molecular formula is C18H12ClN3O4. The van der Waals surface area contributed by atoms with Gasteiger partial charge >= 0.3 is 11.9 Å². The van der Waals surface area contributed by atoms with E-state index in [2.05, 4.69) is 15.1 Å². The first-order chi connectivity index (χ1) is 12.4. The number of aromatic carboxylic acids is 1. The maximum Gasteiger partial charge on any atom is 0.335 e. The second-order valence-electron chi connectivity index (χ2n) is 5.82. The van der Waals surface area contributed by atoms with Crippen LogP contribution in [0.3, 0.4) is 0 Å². The zero-order valence-electron chi connectivity index (χ0n) is 13.8. The van der Waals surface area contributed by atoms with Crippen LogP contribution in [0.4, 0.5) is 0 Å². The highest BCUT2D eigenvalue weighted by Crippen LogP contribution is 2.31. The zero-order chi connectivity index (χ0) is 18.4. The summed E-state index contributed by atoms with van der Waals surface area (Å²) in [5, 5.41) is 13.1. The number of carboxylic acids is 1. The van der Waals surface area contributed by atoms with Gasteiger partial charge in [0.05, 0.1) is 10.6 Å². The third-order valence-corrected chi connectivity index (χ3v) is 4.32. The van der Waals surface area contributed by atoms with Gasteiger partial charge < -0.3 is 14.0 Å². The Morgan fingerprint density at radius 1 is 1.08 bits per heavy atom. The average molecular weight is 370 g/mol. The summed E-state index contributed by atoms with van der Waals surface area (Å²) >= 11 is 6.14. The Kier molecular flexibility index (Phi) is 3.73. The molecule has 0 unspecified atom stereocenters. The number of carboxylic acid groups (broad SMARTS) is 1. The molecule has 8 heteroatoms. The van der Waals surface area contributed by atoms with Crippen molar-refractivity contribution in [3.63, 3.8) is 0 Å². The molecule has 26 heavy (non-hydrogen) atoms. The minimum Gasteiger partial charge on any atom is -0.478 e. The summed E-state index contributed by atoms with van der Waals surface area (Å²) in [5.74, 6) is -0.509. The first-order valence-electron chi connectivity index (χ1n) is 7.68. The van der Waals surface area contributed by atoms with Gasteiger partial charge in [0.2, 0.25) is 5.82 Å². The molecule has 0 spiro atoms. The van der Waals surface area contributed by atoms with Gasteiger partial charge in [0.25, 0.3) is 5.89 Å². The monoisotopic (exact) mass is 369 g/mol. The van der Waals surface area contributed by atoms with Gasteiger partial charge in [-0.1, -0.05) is 28.9 Å². The predicted octanol–water partition coefficient (Wildman–Crippen LogP) is 4.51. The number of hydrogen-bond acceptors (Lipinski definition) is 6. The molecule has 4 rings (SSSR count). The number of carbonyl (C=O) groups is 1. The summed E-state index contributed by atoms with van der Waals surface area (Å²) in [4.78, 5) is 19.7. The lowest BCUT2D eigenvalue weighted by Gasteiger charge is -2.00. The number of hydrogen-bond donors (Lipinski definition) is 1. The maximum atomic E-state index is 11.0. The summed E-state index contributed by atoms with van der Waals surface area (Å²) in [6, 6.07) is 8.20. The van der Waals surface area contributed by atoms with Crippen LogP contribution >= 0.6 is 11.6 Å². The van der Waals surface area contributed by atoms with Crippen LogP contribution in [0.15, 0.2) is 39.3 Å². The quantitative estimate of drug-likeness (QED) is 0.566. The first-order valence-corrected chi connectivity index (χ1v) is 8.06. The Bertz CT molecular complexity index is 1120. The van der Waals surface area contributed by atoms with Gasteiger partial charge in [-0.2, -0.15) is 4.98 Å². The second kappa shape index (κ2) is 5.96. The predicted molar refractivity (Wildman–Crippen MR) is 94.2 cm³/mol. The van der Waals surface area contributed by atoms with E-state index in [9.17, 15) is 4.79 Å². The number of oxazole rings is 1. The molecule has 0 atom stereocenters. The van der Waals surface area contributed by atoms with E-state index in [0.29, 0.717) is 11.1 Å². The number of benzene rings is 2. The lowest BCUT2D eigenvalue weighted by molar-refractivity contribution is 0.0697. The van der Waals surface area contributed by atoms with Crippen molar-refractivity contribution in [3.05, 3.63) is 52.0 Å². The summed E-state index contributed by atoms with van der Waals surface area (Å²) in [6.07, 6.45) is 0. The summed E-state index contributed by atoms with van der Waals surface area (Å²) in [5.41, 5.74) is 3.87. The number of halogens is 1. The highest BCUT2D eigenvalue weighted by molar-refractivity contribution is 6.33. The van der Waals surface area contributed by atoms with Gasteiger partial charge in [-0.25, -0.2) is 9.78 Å². The molecule has 2 heterocycles. The van der Waals surface area contributed by atoms with Crippen molar-refractivity contribution in [3.8, 4) is 23.2 Å². The van der Waals surface area contributed by atoms with Gasteiger partial charge in [0, 0.05) is 5.56 Å². The number of rotatable bonds is 3. The van der Waals surface area contributed by atoms with E-state index in [4.69, 9.17) is 25.6 Å². The third kappa shape index (κ3) is 2.62. The van der Waals surface area contributed by atoms with Crippen molar-refractivity contribution < 1.29 is 18.8 Å². The molecule has 0 amide bonds. The first kappa shape index (κ1) is 16.3. The van der Waals surface area contributed by atoms with Crippen LogP contribution in [0.2, 0.25) is 5.02 Å². The average Bonchev–Trinajstić information content (AvgIpc) is 3.25. The maximum absolute atomic E-state index is 11.0. The van der Waals surface area contributed by atoms with Crippen molar-refractivity contribution in [1.29, 1.82) is 0 Å². The Morgan fingerprint density at radius 3 is 2.54 bits per heavy atom. The fraction of sp³-hybridized carbons (Fsp3) is 0.111. The molecule has 130 valence electrons. The van der Waals surface area contributed by atoms with Crippen molar-refractivity contribution >= 4 is 28.7 Å². The molecule has 0 fully saturated rings. The molecule has 2 aromatic carbocycles. The highest BCUT2D eigenvalue weighted by atomic mass is 35.5. The fourth-order valence-electron chi connectivity index (χ4n) is 2.60. The van der Waals surface area contributed by atoms with Crippen LogP contribution in [0.25, 0.3) is 34.3 Å². The molecule has 7 nitrogen and oxygen atoms in total. The SMILES string of the molecule is Cc1ccc(C)c2oc(-c3nc(-c4ccc(C(=O)O)cc4Cl)no3)nc12. The standard InChI is InChI=1S/C18H12ClN3O4/c1-8-3-4-9(2)14-13(8)20-16(25-14)17-21-15(22-26-17)11-6-5-10(18(23)24)7-12(11)19/h3-7H,1-2H3,(H,23,24). The molecule has 0 saturated carbocycles. The van der Waals surface area contributed by atoms with Crippen LogP contribution in [0.5, 0.6) is 0 Å². The smallest absolute Gasteiger partial charge is 0.335 e. The lowest BCUT2D eigenvalue weighted by Crippen LogP contribution is -1.96. The molecule has 1 N–H and O–H groups in total. The van der Waals surface area contributed by atoms with E-state index >= 15 is 0 Å². The van der Waals surface area contributed by atoms with Crippen molar-refractivity contribution in [2.75, 3.05) is 0 Å². The second-order valence-corrected chi connectivity index (χ2v) is 6.23. The van der Waals surface area contributed by atoms with Crippen molar-refractivity contribution in [2.24, 2.45) is 0 Å². The van der Waals surface area contributed by atoms with Crippen LogP contribution < -0.4 is 0 Å². The molecule has 0 aliphatic carbocycles. The third-order valence-electron chi connectivity index (χ3n) is 4.01. The Hall–Kier alpha value is -3.19. The lowest BCUT2D eigenvalue weighted by atomic mass is 10.1. The minimum atomic E-state index is -1.07. The Labute approximate surface area is 152 Å². The molecule has 4 aromatic rings. The van der Waals surface area contributed by atoms with E-state index < -0.39 is 5.97 Å². The number of aromatic nitrogens is 3. The molecular weight excluding hydrogens is 358 g/mol. The summed E-state index contributed by atoms with van der Waals surface area (Å²) in [7, 11) is 0. The van der Waals surface area contributed by atoms with E-state index in [0.717, 1.165) is 16.6 Å². The molecule has 0 aliphatic heterocycles. The minimum absolute atomic E-state index is 0.0763. The summed E-state index contributed by atoms with van der Waals surface area (Å²) in [6.45, 7) is 3.87. The van der Waals surface area contributed by atoms with E-state index in [1.165, 1.54) is 18.2 Å². The van der Waals surface area contributed by atoms with Crippen LogP contribution in [0, 0.1) is 13.8 Å². The van der Waals surface area contributed by atoms with Crippen molar-refractivity contribution in [1.82, 2.24) is 15.1 Å². The van der Waals surface area contributed by atoms with E-state index in [1.807, 2.05) is 26.0 Å². The molecule has 0 radical (unpaired) electrons. The van der Waals surface area contributed by atoms with Crippen molar-refractivity contribution in [2.45, 2.75) is 13.8 Å². The Balaban J connectivity index is 1.76. The van der Waals surface area contributed by atoms with Gasteiger partial charge in [-0.15, -0.1) is 0 Å². The fourth-order valence-corrected chi connectivity index (χ4v) is 2.87. The van der Waals surface area contributed by atoms with Crippen LogP contribution in [0.1, 0.15) is 21.5 Å². The largest absolute Gasteiger partial charge is 0.478 e. The number of nitrogens with zero attached hydrogens (tertiary/aromatic N) is 3.